The Morgan fingerprint density at radius 2 is 1.96 bits per heavy atom. The highest BCUT2D eigenvalue weighted by molar-refractivity contribution is 9.10. The van der Waals surface area contributed by atoms with Crippen molar-refractivity contribution in [3.05, 3.63) is 39.1 Å². The van der Waals surface area contributed by atoms with E-state index in [0.717, 1.165) is 27.2 Å². The standard InChI is InChI=1S/C17H22BrN3OS.ClH/c1-4-10(2)15(19)16(22)20-11(3)17-21-14(9-23-17)12-5-7-13(18)8-6-12;/h5-11,15H,4,19H2,1-3H3,(H,20,22);1H. The van der Waals surface area contributed by atoms with E-state index in [2.05, 4.69) is 26.2 Å². The summed E-state index contributed by atoms with van der Waals surface area (Å²) in [6.45, 7) is 5.96. The van der Waals surface area contributed by atoms with E-state index in [1.165, 1.54) is 0 Å². The van der Waals surface area contributed by atoms with Crippen molar-refractivity contribution in [2.75, 3.05) is 0 Å². The van der Waals surface area contributed by atoms with Gasteiger partial charge in [-0.2, -0.15) is 0 Å². The van der Waals surface area contributed by atoms with Crippen LogP contribution in [0.5, 0.6) is 0 Å². The molecule has 3 atom stereocenters. The molecule has 0 bridgehead atoms. The SMILES string of the molecule is CCC(C)C(N)C(=O)NC(C)c1nc(-c2ccc(Br)cc2)cs1.Cl. The Morgan fingerprint density at radius 3 is 2.54 bits per heavy atom. The normalized spacial score (nSPS) is 14.4. The lowest BCUT2D eigenvalue weighted by Gasteiger charge is -2.20. The molecule has 0 saturated heterocycles. The van der Waals surface area contributed by atoms with Crippen LogP contribution in [0.3, 0.4) is 0 Å². The van der Waals surface area contributed by atoms with Crippen molar-refractivity contribution in [3.63, 3.8) is 0 Å². The second-order valence-electron chi connectivity index (χ2n) is 5.72. The lowest BCUT2D eigenvalue weighted by Crippen LogP contribution is -2.45. The number of nitrogens with one attached hydrogen (secondary N) is 1. The summed E-state index contributed by atoms with van der Waals surface area (Å²) in [4.78, 5) is 16.8. The molecule has 24 heavy (non-hydrogen) atoms. The van der Waals surface area contributed by atoms with Gasteiger partial charge in [-0.1, -0.05) is 48.3 Å². The first-order valence-corrected chi connectivity index (χ1v) is 9.37. The Hall–Kier alpha value is -0.950. The van der Waals surface area contributed by atoms with Crippen LogP contribution in [0.2, 0.25) is 0 Å². The molecular formula is C17H23BrClN3OS. The molecule has 7 heteroatoms. The topological polar surface area (TPSA) is 68.0 Å². The van der Waals surface area contributed by atoms with E-state index in [4.69, 9.17) is 5.73 Å². The highest BCUT2D eigenvalue weighted by Crippen LogP contribution is 2.26. The van der Waals surface area contributed by atoms with Gasteiger partial charge < -0.3 is 11.1 Å². The van der Waals surface area contributed by atoms with Crippen molar-refractivity contribution in [2.45, 2.75) is 39.3 Å². The Balaban J connectivity index is 0.00000288. The fourth-order valence-corrected chi connectivity index (χ4v) is 3.22. The van der Waals surface area contributed by atoms with E-state index in [1.54, 1.807) is 11.3 Å². The first-order valence-electron chi connectivity index (χ1n) is 7.69. The lowest BCUT2D eigenvalue weighted by molar-refractivity contribution is -0.124. The Morgan fingerprint density at radius 1 is 1.33 bits per heavy atom. The van der Waals surface area contributed by atoms with E-state index in [9.17, 15) is 4.79 Å². The number of hydrogen-bond donors (Lipinski definition) is 2. The molecule has 2 rings (SSSR count). The van der Waals surface area contributed by atoms with E-state index in [-0.39, 0.29) is 30.3 Å². The maximum Gasteiger partial charge on any atom is 0.237 e. The monoisotopic (exact) mass is 431 g/mol. The van der Waals surface area contributed by atoms with Crippen LogP contribution < -0.4 is 11.1 Å². The zero-order chi connectivity index (χ0) is 17.0. The molecule has 0 saturated carbocycles. The predicted octanol–water partition coefficient (Wildman–Crippen LogP) is 4.55. The number of halogens is 2. The van der Waals surface area contributed by atoms with Gasteiger partial charge in [-0.25, -0.2) is 4.98 Å². The van der Waals surface area contributed by atoms with Gasteiger partial charge in [-0.15, -0.1) is 23.7 Å². The Labute approximate surface area is 161 Å². The molecule has 0 aliphatic rings. The maximum atomic E-state index is 12.2. The molecule has 3 unspecified atom stereocenters. The number of nitrogens with zero attached hydrogens (tertiary/aromatic N) is 1. The van der Waals surface area contributed by atoms with Crippen molar-refractivity contribution in [1.29, 1.82) is 0 Å². The van der Waals surface area contributed by atoms with Gasteiger partial charge in [0, 0.05) is 15.4 Å². The molecule has 0 aliphatic heterocycles. The molecule has 1 amide bonds. The molecule has 0 radical (unpaired) electrons. The summed E-state index contributed by atoms with van der Waals surface area (Å²) in [5, 5.41) is 5.85. The van der Waals surface area contributed by atoms with Gasteiger partial charge in [-0.3, -0.25) is 4.79 Å². The Kier molecular flexibility index (Phi) is 8.36. The van der Waals surface area contributed by atoms with Crippen molar-refractivity contribution < 1.29 is 4.79 Å². The summed E-state index contributed by atoms with van der Waals surface area (Å²) < 4.78 is 1.04. The molecular weight excluding hydrogens is 410 g/mol. The number of carbonyl (C=O) groups is 1. The van der Waals surface area contributed by atoms with Gasteiger partial charge in [-0.05, 0) is 25.0 Å². The van der Waals surface area contributed by atoms with Crippen LogP contribution in [0.15, 0.2) is 34.1 Å². The van der Waals surface area contributed by atoms with Crippen LogP contribution >= 0.6 is 39.7 Å². The van der Waals surface area contributed by atoms with Crippen molar-refractivity contribution in [2.24, 2.45) is 11.7 Å². The third kappa shape index (κ3) is 5.28. The molecule has 0 aliphatic carbocycles. The average Bonchev–Trinajstić information content (AvgIpc) is 3.04. The van der Waals surface area contributed by atoms with Gasteiger partial charge in [0.1, 0.15) is 5.01 Å². The van der Waals surface area contributed by atoms with Crippen LogP contribution in [0.4, 0.5) is 0 Å². The molecule has 132 valence electrons. The van der Waals surface area contributed by atoms with Crippen LogP contribution in [0.25, 0.3) is 11.3 Å². The van der Waals surface area contributed by atoms with Crippen molar-refractivity contribution >= 4 is 45.6 Å². The molecule has 4 nitrogen and oxygen atoms in total. The second-order valence-corrected chi connectivity index (χ2v) is 7.52. The molecule has 3 N–H and O–H groups in total. The zero-order valence-electron chi connectivity index (χ0n) is 14.0. The molecule has 0 spiro atoms. The van der Waals surface area contributed by atoms with E-state index in [0.29, 0.717) is 0 Å². The smallest absolute Gasteiger partial charge is 0.237 e. The van der Waals surface area contributed by atoms with Gasteiger partial charge in [0.15, 0.2) is 0 Å². The molecule has 0 fully saturated rings. The van der Waals surface area contributed by atoms with Crippen molar-refractivity contribution in [3.8, 4) is 11.3 Å². The second kappa shape index (κ2) is 9.51. The number of nitrogens with two attached hydrogens (primary N) is 1. The average molecular weight is 433 g/mol. The fraction of sp³-hybridized carbons (Fsp3) is 0.412. The largest absolute Gasteiger partial charge is 0.346 e. The van der Waals surface area contributed by atoms with Crippen LogP contribution in [0.1, 0.15) is 38.2 Å². The number of aromatic nitrogens is 1. The number of rotatable bonds is 6. The minimum atomic E-state index is -0.478. The fourth-order valence-electron chi connectivity index (χ4n) is 2.12. The molecule has 1 aromatic heterocycles. The van der Waals surface area contributed by atoms with Gasteiger partial charge in [0.25, 0.3) is 0 Å². The number of hydrogen-bond acceptors (Lipinski definition) is 4. The number of carbonyl (C=O) groups excluding carboxylic acids is 1. The first-order chi connectivity index (χ1) is 10.9. The third-order valence-electron chi connectivity index (χ3n) is 3.95. The van der Waals surface area contributed by atoms with Crippen LogP contribution in [-0.4, -0.2) is 16.9 Å². The quantitative estimate of drug-likeness (QED) is 0.704. The Bertz CT molecular complexity index is 662. The van der Waals surface area contributed by atoms with E-state index >= 15 is 0 Å². The van der Waals surface area contributed by atoms with Gasteiger partial charge in [0.05, 0.1) is 17.8 Å². The summed E-state index contributed by atoms with van der Waals surface area (Å²) in [5.41, 5.74) is 7.96. The summed E-state index contributed by atoms with van der Waals surface area (Å²) >= 11 is 4.97. The number of thiazole rings is 1. The highest BCUT2D eigenvalue weighted by atomic mass is 79.9. The third-order valence-corrected chi connectivity index (χ3v) is 5.51. The van der Waals surface area contributed by atoms with E-state index in [1.807, 2.05) is 50.4 Å². The highest BCUT2D eigenvalue weighted by Gasteiger charge is 2.22. The minimum Gasteiger partial charge on any atom is -0.346 e. The molecule has 1 aromatic carbocycles. The van der Waals surface area contributed by atoms with Gasteiger partial charge >= 0.3 is 0 Å². The molecule has 2 aromatic rings. The lowest BCUT2D eigenvalue weighted by atomic mass is 9.99. The minimum absolute atomic E-state index is 0. The zero-order valence-corrected chi connectivity index (χ0v) is 17.2. The van der Waals surface area contributed by atoms with E-state index < -0.39 is 6.04 Å². The maximum absolute atomic E-state index is 12.2. The summed E-state index contributed by atoms with van der Waals surface area (Å²) in [6.07, 6.45) is 0.883. The summed E-state index contributed by atoms with van der Waals surface area (Å²) in [5.74, 6) is 0.0454. The predicted molar refractivity (Wildman–Crippen MR) is 106 cm³/mol. The summed E-state index contributed by atoms with van der Waals surface area (Å²) in [6, 6.07) is 7.39. The number of amides is 1. The summed E-state index contributed by atoms with van der Waals surface area (Å²) in [7, 11) is 0. The van der Waals surface area contributed by atoms with Crippen LogP contribution in [0, 0.1) is 5.92 Å². The number of benzene rings is 1. The van der Waals surface area contributed by atoms with Crippen molar-refractivity contribution in [1.82, 2.24) is 10.3 Å². The van der Waals surface area contributed by atoms with Gasteiger partial charge in [0.2, 0.25) is 5.91 Å². The first kappa shape index (κ1) is 21.1. The molecule has 1 heterocycles. The van der Waals surface area contributed by atoms with Crippen LogP contribution in [-0.2, 0) is 4.79 Å².